The number of nitrogens with zero attached hydrogens (tertiary/aromatic N) is 3. The van der Waals surface area contributed by atoms with Gasteiger partial charge in [0.05, 0.1) is 5.54 Å². The molecule has 1 aromatic heterocycles. The fourth-order valence-electron chi connectivity index (χ4n) is 6.02. The van der Waals surface area contributed by atoms with Gasteiger partial charge in [0.2, 0.25) is 17.6 Å². The van der Waals surface area contributed by atoms with Crippen LogP contribution in [0.25, 0.3) is 0 Å². The molecule has 2 aromatic rings. The molecule has 1 aromatic carbocycles. The molecule has 0 radical (unpaired) electrons. The van der Waals surface area contributed by atoms with Crippen molar-refractivity contribution in [2.75, 3.05) is 6.54 Å². The summed E-state index contributed by atoms with van der Waals surface area (Å²) in [6.07, 6.45) is 4.78. The summed E-state index contributed by atoms with van der Waals surface area (Å²) >= 11 is 0. The maximum Gasteiger partial charge on any atom is 0.296 e. The van der Waals surface area contributed by atoms with Crippen LogP contribution in [-0.4, -0.2) is 49.9 Å². The predicted octanol–water partition coefficient (Wildman–Crippen LogP) is 1.93. The molecule has 10 nitrogen and oxygen atoms in total. The van der Waals surface area contributed by atoms with Crippen LogP contribution in [0.3, 0.4) is 0 Å². The molecule has 3 amide bonds. The van der Waals surface area contributed by atoms with E-state index in [2.05, 4.69) is 15.6 Å². The SMILES string of the molecule is CC(=O)N1CCCCC1C(=O)NC12CCC(CC1)Cn1c2nc(C(=O)NCc2ccc(F)cc2)c(O)c1=O. The summed E-state index contributed by atoms with van der Waals surface area (Å²) < 4.78 is 14.6. The molecule has 0 spiro atoms. The van der Waals surface area contributed by atoms with E-state index >= 15 is 0 Å². The highest BCUT2D eigenvalue weighted by molar-refractivity contribution is 5.94. The molecular formula is C27H32FN5O5. The van der Waals surface area contributed by atoms with Crippen molar-refractivity contribution in [1.29, 1.82) is 0 Å². The number of rotatable bonds is 5. The van der Waals surface area contributed by atoms with Crippen molar-refractivity contribution in [3.05, 3.63) is 57.5 Å². The Hall–Kier alpha value is -3.76. The number of aromatic hydroxyl groups is 1. The summed E-state index contributed by atoms with van der Waals surface area (Å²) in [5.41, 5.74) is -1.50. The quantitative estimate of drug-likeness (QED) is 0.546. The topological polar surface area (TPSA) is 134 Å². The van der Waals surface area contributed by atoms with Gasteiger partial charge in [0.15, 0.2) is 5.69 Å². The zero-order valence-electron chi connectivity index (χ0n) is 21.3. The Kier molecular flexibility index (Phi) is 6.93. The number of nitrogens with one attached hydrogen (secondary N) is 2. The molecule has 2 bridgehead atoms. The highest BCUT2D eigenvalue weighted by atomic mass is 19.1. The third-order valence-electron chi connectivity index (χ3n) is 8.13. The van der Waals surface area contributed by atoms with Gasteiger partial charge in [-0.15, -0.1) is 0 Å². The summed E-state index contributed by atoms with van der Waals surface area (Å²) in [6, 6.07) is 4.98. The molecule has 1 unspecified atom stereocenters. The Bertz CT molecular complexity index is 1320. The minimum Gasteiger partial charge on any atom is -0.501 e. The van der Waals surface area contributed by atoms with E-state index in [1.165, 1.54) is 35.8 Å². The number of aromatic nitrogens is 2. The molecule has 1 atom stereocenters. The first-order valence-corrected chi connectivity index (χ1v) is 13.1. The predicted molar refractivity (Wildman–Crippen MR) is 135 cm³/mol. The van der Waals surface area contributed by atoms with Crippen LogP contribution < -0.4 is 16.2 Å². The van der Waals surface area contributed by atoms with Gasteiger partial charge in [0.1, 0.15) is 17.7 Å². The number of piperidine rings is 1. The fraction of sp³-hybridized carbons (Fsp3) is 0.519. The van der Waals surface area contributed by atoms with Crippen LogP contribution >= 0.6 is 0 Å². The van der Waals surface area contributed by atoms with E-state index in [0.717, 1.165) is 25.7 Å². The Morgan fingerprint density at radius 3 is 2.53 bits per heavy atom. The molecule has 1 saturated carbocycles. The van der Waals surface area contributed by atoms with Gasteiger partial charge in [-0.1, -0.05) is 12.1 Å². The van der Waals surface area contributed by atoms with Crippen molar-refractivity contribution in [2.24, 2.45) is 5.92 Å². The van der Waals surface area contributed by atoms with E-state index in [4.69, 9.17) is 0 Å². The van der Waals surface area contributed by atoms with Crippen molar-refractivity contribution in [2.45, 2.75) is 76.5 Å². The van der Waals surface area contributed by atoms with Gasteiger partial charge in [0, 0.05) is 26.6 Å². The summed E-state index contributed by atoms with van der Waals surface area (Å²) in [6.45, 7) is 2.36. The van der Waals surface area contributed by atoms with Crippen LogP contribution in [0.4, 0.5) is 4.39 Å². The van der Waals surface area contributed by atoms with E-state index in [1.54, 1.807) is 4.90 Å². The highest BCUT2D eigenvalue weighted by Crippen LogP contribution is 2.43. The number of halogens is 1. The monoisotopic (exact) mass is 525 g/mol. The van der Waals surface area contributed by atoms with Crippen LogP contribution in [0, 0.1) is 11.7 Å². The van der Waals surface area contributed by atoms with Crippen molar-refractivity contribution in [3.63, 3.8) is 0 Å². The molecule has 1 aliphatic carbocycles. The van der Waals surface area contributed by atoms with E-state index in [0.29, 0.717) is 37.9 Å². The smallest absolute Gasteiger partial charge is 0.296 e. The highest BCUT2D eigenvalue weighted by Gasteiger charge is 2.47. The lowest BCUT2D eigenvalue weighted by atomic mass is 9.77. The van der Waals surface area contributed by atoms with Gasteiger partial charge in [0.25, 0.3) is 11.5 Å². The zero-order chi connectivity index (χ0) is 27.0. The lowest BCUT2D eigenvalue weighted by Gasteiger charge is -2.40. The first-order chi connectivity index (χ1) is 18.2. The Labute approximate surface area is 219 Å². The lowest BCUT2D eigenvalue weighted by Crippen LogP contribution is -2.57. The number of fused-ring (bicyclic) bond motifs is 2. The normalized spacial score (nSPS) is 24.3. The molecule has 11 heteroatoms. The minimum atomic E-state index is -0.997. The average Bonchev–Trinajstić information content (AvgIpc) is 3.16. The maximum absolute atomic E-state index is 13.6. The molecule has 6 rings (SSSR count). The lowest BCUT2D eigenvalue weighted by molar-refractivity contribution is -0.142. The fourth-order valence-corrected chi connectivity index (χ4v) is 6.02. The van der Waals surface area contributed by atoms with E-state index in [9.17, 15) is 28.7 Å². The minimum absolute atomic E-state index is 0.0468. The zero-order valence-corrected chi connectivity index (χ0v) is 21.3. The van der Waals surface area contributed by atoms with Gasteiger partial charge in [-0.2, -0.15) is 0 Å². The van der Waals surface area contributed by atoms with E-state index in [-0.39, 0.29) is 30.1 Å². The Balaban J connectivity index is 1.47. The van der Waals surface area contributed by atoms with E-state index in [1.807, 2.05) is 0 Å². The summed E-state index contributed by atoms with van der Waals surface area (Å²) in [7, 11) is 0. The number of hydrogen-bond acceptors (Lipinski definition) is 6. The van der Waals surface area contributed by atoms with Gasteiger partial charge in [-0.25, -0.2) is 9.37 Å². The van der Waals surface area contributed by atoms with Crippen molar-refractivity contribution in [1.82, 2.24) is 25.1 Å². The number of amides is 3. The number of likely N-dealkylation sites (tertiary alicyclic amines) is 1. The second-order valence-corrected chi connectivity index (χ2v) is 10.6. The molecule has 38 heavy (non-hydrogen) atoms. The third kappa shape index (κ3) is 4.77. The molecule has 4 aliphatic rings. The summed E-state index contributed by atoms with van der Waals surface area (Å²) in [5, 5.41) is 16.4. The van der Waals surface area contributed by atoms with Gasteiger partial charge in [-0.05, 0) is 68.6 Å². The summed E-state index contributed by atoms with van der Waals surface area (Å²) in [5.74, 6) is -1.92. The van der Waals surface area contributed by atoms with Crippen LogP contribution in [0.2, 0.25) is 0 Å². The standard InChI is InChI=1S/C27H32FN5O5/c1-16(34)32-13-3-2-4-20(32)23(36)31-27-11-9-18(10-12-27)15-33-25(38)22(35)21(30-26(27)33)24(37)29-14-17-5-7-19(28)8-6-17/h5-8,18,20,35H,2-4,9-15H2,1H3,(H,29,37)(H,31,36). The van der Waals surface area contributed by atoms with Crippen LogP contribution in [0.15, 0.2) is 29.1 Å². The number of hydrogen-bond donors (Lipinski definition) is 3. The third-order valence-corrected chi connectivity index (χ3v) is 8.13. The maximum atomic E-state index is 13.6. The van der Waals surface area contributed by atoms with Crippen LogP contribution in [0.1, 0.15) is 73.7 Å². The second-order valence-electron chi connectivity index (χ2n) is 10.6. The largest absolute Gasteiger partial charge is 0.501 e. The van der Waals surface area contributed by atoms with E-state index < -0.39 is 40.3 Å². The first-order valence-electron chi connectivity index (χ1n) is 13.1. The second kappa shape index (κ2) is 10.2. The Morgan fingerprint density at radius 1 is 1.13 bits per heavy atom. The number of carbonyl (C=O) groups excluding carboxylic acids is 3. The molecule has 1 saturated heterocycles. The molecule has 2 fully saturated rings. The van der Waals surface area contributed by atoms with Crippen LogP contribution in [-0.2, 0) is 28.2 Å². The summed E-state index contributed by atoms with van der Waals surface area (Å²) in [4.78, 5) is 58.2. The molecule has 4 heterocycles. The van der Waals surface area contributed by atoms with Gasteiger partial charge >= 0.3 is 0 Å². The molecule has 202 valence electrons. The van der Waals surface area contributed by atoms with Crippen molar-refractivity contribution >= 4 is 17.7 Å². The van der Waals surface area contributed by atoms with Crippen molar-refractivity contribution < 1.29 is 23.9 Å². The van der Waals surface area contributed by atoms with Gasteiger partial charge in [-0.3, -0.25) is 23.7 Å². The average molecular weight is 526 g/mol. The molecular weight excluding hydrogens is 493 g/mol. The Morgan fingerprint density at radius 2 is 1.84 bits per heavy atom. The van der Waals surface area contributed by atoms with Crippen LogP contribution in [0.5, 0.6) is 5.75 Å². The number of benzene rings is 1. The number of carbonyl (C=O) groups is 3. The molecule has 3 aliphatic heterocycles. The van der Waals surface area contributed by atoms with Gasteiger partial charge < -0.3 is 20.6 Å². The molecule has 3 N–H and O–H groups in total. The first kappa shape index (κ1) is 25.9. The van der Waals surface area contributed by atoms with Crippen molar-refractivity contribution in [3.8, 4) is 5.75 Å².